The molecule has 3 rings (SSSR count). The van der Waals surface area contributed by atoms with Crippen LogP contribution in [0.2, 0.25) is 5.02 Å². The van der Waals surface area contributed by atoms with Gasteiger partial charge in [0.05, 0.1) is 29.6 Å². The fraction of sp³-hybridized carbons (Fsp3) is 0.480. The van der Waals surface area contributed by atoms with E-state index in [1.54, 1.807) is 7.05 Å². The van der Waals surface area contributed by atoms with E-state index in [1.807, 2.05) is 36.4 Å². The van der Waals surface area contributed by atoms with Crippen LogP contribution in [0.4, 0.5) is 0 Å². The van der Waals surface area contributed by atoms with Crippen LogP contribution in [0.25, 0.3) is 0 Å². The van der Waals surface area contributed by atoms with Crippen molar-refractivity contribution in [3.8, 4) is 17.6 Å². The van der Waals surface area contributed by atoms with Gasteiger partial charge in [-0.3, -0.25) is 0 Å². The van der Waals surface area contributed by atoms with Crippen molar-refractivity contribution in [2.45, 2.75) is 32.1 Å². The van der Waals surface area contributed by atoms with Gasteiger partial charge in [0.15, 0.2) is 5.75 Å². The highest BCUT2D eigenvalue weighted by atomic mass is 35.5. The van der Waals surface area contributed by atoms with Gasteiger partial charge in [0, 0.05) is 5.41 Å². The summed E-state index contributed by atoms with van der Waals surface area (Å²) in [5.41, 5.74) is 4.98. The number of hydrogen-bond donors (Lipinski definition) is 3. The number of alkyl halides is 1. The SMILES string of the molecule is CC(C)(c1ccc(OCC2CC(CN[N+](C)(O)S)C2)cc1)c1cc(Cl)c(OCCCl)c(C#N)c1. The molecule has 34 heavy (non-hydrogen) atoms. The van der Waals surface area contributed by atoms with Gasteiger partial charge in [-0.25, -0.2) is 0 Å². The first-order valence-electron chi connectivity index (χ1n) is 11.3. The summed E-state index contributed by atoms with van der Waals surface area (Å²) in [5, 5.41) is 19.6. The van der Waals surface area contributed by atoms with Crippen molar-refractivity contribution in [1.29, 1.82) is 5.26 Å². The lowest BCUT2D eigenvalue weighted by atomic mass is 9.75. The van der Waals surface area contributed by atoms with Crippen molar-refractivity contribution in [3.63, 3.8) is 0 Å². The number of hydrogen-bond acceptors (Lipinski definition) is 6. The van der Waals surface area contributed by atoms with E-state index >= 15 is 0 Å². The number of benzene rings is 2. The van der Waals surface area contributed by atoms with Crippen LogP contribution in [-0.2, 0) is 5.41 Å². The second kappa shape index (κ2) is 11.4. The molecule has 0 amide bonds. The van der Waals surface area contributed by atoms with Crippen LogP contribution < -0.4 is 14.9 Å². The van der Waals surface area contributed by atoms with E-state index in [2.05, 4.69) is 38.2 Å². The number of rotatable bonds is 11. The molecule has 0 saturated heterocycles. The van der Waals surface area contributed by atoms with Crippen molar-refractivity contribution in [1.82, 2.24) is 5.43 Å². The fourth-order valence-electron chi connectivity index (χ4n) is 4.15. The van der Waals surface area contributed by atoms with E-state index in [0.29, 0.717) is 40.7 Å². The first-order chi connectivity index (χ1) is 16.0. The Morgan fingerprint density at radius 3 is 2.44 bits per heavy atom. The molecule has 2 aromatic rings. The van der Waals surface area contributed by atoms with Crippen LogP contribution in [0, 0.1) is 23.2 Å². The summed E-state index contributed by atoms with van der Waals surface area (Å²) in [5.74, 6) is 2.57. The molecule has 2 aromatic carbocycles. The maximum absolute atomic E-state index is 9.59. The molecule has 1 saturated carbocycles. The van der Waals surface area contributed by atoms with Gasteiger partial charge in [-0.15, -0.1) is 17.0 Å². The number of nitriles is 1. The summed E-state index contributed by atoms with van der Waals surface area (Å²) in [6.45, 7) is 5.89. The third kappa shape index (κ3) is 6.94. The van der Waals surface area contributed by atoms with Crippen molar-refractivity contribution in [2.75, 3.05) is 32.7 Å². The Morgan fingerprint density at radius 2 is 1.85 bits per heavy atom. The zero-order valence-corrected chi connectivity index (χ0v) is 22.1. The Hall–Kier alpha value is -1.66. The molecule has 1 fully saturated rings. The van der Waals surface area contributed by atoms with Gasteiger partial charge in [-0.05, 0) is 60.1 Å². The predicted molar refractivity (Wildman–Crippen MR) is 138 cm³/mol. The maximum atomic E-state index is 9.59. The molecule has 1 atom stereocenters. The number of halogens is 2. The maximum Gasteiger partial charge on any atom is 0.155 e. The van der Waals surface area contributed by atoms with Crippen LogP contribution in [0.15, 0.2) is 36.4 Å². The monoisotopic (exact) mass is 524 g/mol. The van der Waals surface area contributed by atoms with Gasteiger partial charge >= 0.3 is 0 Å². The Morgan fingerprint density at radius 1 is 1.18 bits per heavy atom. The van der Waals surface area contributed by atoms with Gasteiger partial charge in [0.1, 0.15) is 38.3 Å². The predicted octanol–water partition coefficient (Wildman–Crippen LogP) is 5.75. The summed E-state index contributed by atoms with van der Waals surface area (Å²) < 4.78 is 11.1. The third-order valence-electron chi connectivity index (χ3n) is 6.28. The van der Waals surface area contributed by atoms with E-state index in [0.717, 1.165) is 36.3 Å². The largest absolute Gasteiger partial charge is 0.493 e. The summed E-state index contributed by atoms with van der Waals surface area (Å²) in [6.07, 6.45) is 2.14. The number of ether oxygens (including phenoxy) is 2. The van der Waals surface area contributed by atoms with E-state index in [-0.39, 0.29) is 12.0 Å². The molecule has 0 aliphatic heterocycles. The van der Waals surface area contributed by atoms with E-state index in [4.69, 9.17) is 32.7 Å². The van der Waals surface area contributed by atoms with Gasteiger partial charge in [0.2, 0.25) is 0 Å². The van der Waals surface area contributed by atoms with Gasteiger partial charge < -0.3 is 9.47 Å². The van der Waals surface area contributed by atoms with E-state index < -0.39 is 4.16 Å². The zero-order valence-electron chi connectivity index (χ0n) is 19.7. The molecule has 0 spiro atoms. The number of nitrogens with one attached hydrogen (secondary N) is 1. The van der Waals surface area contributed by atoms with Crippen molar-refractivity contribution < 1.29 is 18.8 Å². The number of quaternary nitrogens is 1. The Balaban J connectivity index is 1.60. The topological polar surface area (TPSA) is 74.5 Å². The minimum Gasteiger partial charge on any atom is -0.493 e. The second-order valence-corrected chi connectivity index (χ2v) is 11.0. The molecule has 0 bridgehead atoms. The number of hydroxylamine groups is 1. The van der Waals surface area contributed by atoms with Crippen molar-refractivity contribution in [2.24, 2.45) is 11.8 Å². The first kappa shape index (κ1) is 26.9. The normalized spacial score (nSPS) is 19.6. The quantitative estimate of drug-likeness (QED) is 0.151. The van der Waals surface area contributed by atoms with Crippen molar-refractivity contribution >= 4 is 36.0 Å². The molecular formula is C25H32Cl2N3O3S+. The summed E-state index contributed by atoms with van der Waals surface area (Å²) >= 11 is 16.2. The fourth-order valence-corrected chi connectivity index (χ4v) is 4.58. The third-order valence-corrected chi connectivity index (χ3v) is 6.86. The average Bonchev–Trinajstić information content (AvgIpc) is 2.76. The summed E-state index contributed by atoms with van der Waals surface area (Å²) in [6, 6.07) is 13.9. The summed E-state index contributed by atoms with van der Waals surface area (Å²) in [7, 11) is 1.57. The molecule has 0 aromatic heterocycles. The molecule has 184 valence electrons. The minimum atomic E-state index is -0.518. The highest BCUT2D eigenvalue weighted by Crippen LogP contribution is 2.39. The molecule has 1 unspecified atom stereocenters. The average molecular weight is 526 g/mol. The van der Waals surface area contributed by atoms with Crippen LogP contribution in [-0.4, -0.2) is 42.1 Å². The lowest BCUT2D eigenvalue weighted by Crippen LogP contribution is -2.48. The number of nitrogens with zero attached hydrogens (tertiary/aromatic N) is 2. The van der Waals surface area contributed by atoms with Crippen LogP contribution >= 0.6 is 36.0 Å². The molecule has 1 aliphatic carbocycles. The standard InChI is InChI=1S/C25H32Cl2N3O3S/c1-25(2,21-12-19(14-28)24(23(27)13-21)32-9-8-26)20-4-6-22(7-5-20)33-16-18-10-17(11-18)15-29-30(3,31)34/h4-7,12-13,17-18,29,31,34H,8-11,15-16H2,1-3H3/q+1. The first-order valence-corrected chi connectivity index (χ1v) is 12.6. The van der Waals surface area contributed by atoms with Gasteiger partial charge in [0.25, 0.3) is 0 Å². The van der Waals surface area contributed by atoms with Crippen LogP contribution in [0.3, 0.4) is 0 Å². The number of thiol groups is 1. The Bertz CT molecular complexity index is 1010. The molecule has 9 heteroatoms. The molecule has 6 nitrogen and oxygen atoms in total. The molecular weight excluding hydrogens is 493 g/mol. The molecule has 2 N–H and O–H groups in total. The van der Waals surface area contributed by atoms with Crippen LogP contribution in [0.1, 0.15) is 43.4 Å². The van der Waals surface area contributed by atoms with E-state index in [9.17, 15) is 10.5 Å². The highest BCUT2D eigenvalue weighted by Gasteiger charge is 2.31. The molecule has 0 radical (unpaired) electrons. The molecule has 0 heterocycles. The van der Waals surface area contributed by atoms with Gasteiger partial charge in [-0.1, -0.05) is 41.7 Å². The Kier molecular flexibility index (Phi) is 9.02. The minimum absolute atomic E-state index is 0.287. The highest BCUT2D eigenvalue weighted by molar-refractivity contribution is 7.74. The van der Waals surface area contributed by atoms with Crippen molar-refractivity contribution in [3.05, 3.63) is 58.1 Å². The zero-order chi connectivity index (χ0) is 24.9. The van der Waals surface area contributed by atoms with Crippen LogP contribution in [0.5, 0.6) is 11.5 Å². The van der Waals surface area contributed by atoms with E-state index in [1.165, 1.54) is 0 Å². The molecule has 1 aliphatic rings. The summed E-state index contributed by atoms with van der Waals surface area (Å²) in [4.78, 5) is 0. The smallest absolute Gasteiger partial charge is 0.155 e. The second-order valence-electron chi connectivity index (χ2n) is 9.42. The lowest BCUT2D eigenvalue weighted by molar-refractivity contribution is -1.01. The Labute approximate surface area is 217 Å². The van der Waals surface area contributed by atoms with Gasteiger partial charge in [-0.2, -0.15) is 10.5 Å². The lowest BCUT2D eigenvalue weighted by Gasteiger charge is -2.35.